The van der Waals surface area contributed by atoms with Gasteiger partial charge in [0.05, 0.1) is 13.7 Å². The minimum absolute atomic E-state index is 0.00688. The van der Waals surface area contributed by atoms with Crippen molar-refractivity contribution in [2.45, 2.75) is 29.7 Å². The topological polar surface area (TPSA) is 80.5 Å². The zero-order valence-corrected chi connectivity index (χ0v) is 19.7. The van der Waals surface area contributed by atoms with Crippen molar-refractivity contribution in [3.63, 3.8) is 0 Å². The number of aromatic nitrogens is 3. The number of carboxylic acid groups (broad SMARTS) is 1. The molecule has 0 atom stereocenters. The summed E-state index contributed by atoms with van der Waals surface area (Å²) >= 11 is 13.8. The Bertz CT molecular complexity index is 1080. The molecule has 1 N–H and O–H groups in total. The lowest BCUT2D eigenvalue weighted by molar-refractivity contribution is 0.0686. The van der Waals surface area contributed by atoms with Gasteiger partial charge in [0.1, 0.15) is 10.8 Å². The number of aromatic carboxylic acids is 1. The van der Waals surface area contributed by atoms with E-state index in [9.17, 15) is 9.90 Å². The van der Waals surface area contributed by atoms with Crippen molar-refractivity contribution in [2.24, 2.45) is 0 Å². The number of halogens is 2. The number of carboxylic acids is 1. The molecule has 3 aromatic rings. The van der Waals surface area contributed by atoms with E-state index in [-0.39, 0.29) is 10.9 Å². The summed E-state index contributed by atoms with van der Waals surface area (Å²) in [5.74, 6) is -0.305. The molecule has 1 saturated heterocycles. The monoisotopic (exact) mass is 492 g/mol. The first kappa shape index (κ1) is 22.8. The highest BCUT2D eigenvalue weighted by Gasteiger charge is 2.26. The van der Waals surface area contributed by atoms with E-state index in [0.29, 0.717) is 21.6 Å². The summed E-state index contributed by atoms with van der Waals surface area (Å²) in [7, 11) is 1.62. The van der Waals surface area contributed by atoms with Crippen LogP contribution in [0.5, 0.6) is 5.75 Å². The Labute approximate surface area is 200 Å². The number of nitrogens with zero attached hydrogens (tertiary/aromatic N) is 4. The number of thioether (sulfide) groups is 1. The van der Waals surface area contributed by atoms with Gasteiger partial charge in [0, 0.05) is 34.1 Å². The molecule has 10 heteroatoms. The molecule has 7 nitrogen and oxygen atoms in total. The van der Waals surface area contributed by atoms with Crippen LogP contribution in [0.3, 0.4) is 0 Å². The Morgan fingerprint density at radius 3 is 2.41 bits per heavy atom. The number of benzene rings is 2. The molecule has 0 saturated carbocycles. The molecule has 0 amide bonds. The second-order valence-corrected chi connectivity index (χ2v) is 9.65. The van der Waals surface area contributed by atoms with Crippen LogP contribution < -0.4 is 9.64 Å². The fourth-order valence-corrected chi connectivity index (χ4v) is 5.41. The van der Waals surface area contributed by atoms with Gasteiger partial charge in [0.15, 0.2) is 0 Å². The highest BCUT2D eigenvalue weighted by molar-refractivity contribution is 8.00. The smallest absolute Gasteiger partial charge is 0.359 e. The lowest BCUT2D eigenvalue weighted by Crippen LogP contribution is -2.34. The van der Waals surface area contributed by atoms with Crippen LogP contribution in [0.4, 0.5) is 5.69 Å². The molecule has 1 aliphatic heterocycles. The average Bonchev–Trinajstić information content (AvgIpc) is 3.16. The molecule has 0 bridgehead atoms. The molecular formula is C22H22Cl2N4O3S. The Kier molecular flexibility index (Phi) is 7.13. The first-order valence-electron chi connectivity index (χ1n) is 10.1. The van der Waals surface area contributed by atoms with Crippen LogP contribution in [0.25, 0.3) is 0 Å². The normalized spacial score (nSPS) is 14.5. The van der Waals surface area contributed by atoms with Crippen LogP contribution in [0.1, 0.15) is 28.9 Å². The second kappa shape index (κ2) is 10.0. The standard InChI is InChI=1S/C22H22Cl2N4O3S/c1-31-18-4-2-14(3-5-18)13-28-21(20(22(29)30)25-26-28)32-19-6-8-27(9-7-19)17-11-15(23)10-16(24)12-17/h2-5,10-12,19H,6-9,13H2,1H3,(H,29,30). The second-order valence-electron chi connectivity index (χ2n) is 7.49. The number of hydrogen-bond donors (Lipinski definition) is 1. The fourth-order valence-electron chi connectivity index (χ4n) is 3.67. The van der Waals surface area contributed by atoms with Crippen LogP contribution in [0.2, 0.25) is 10.0 Å². The van der Waals surface area contributed by atoms with Gasteiger partial charge in [-0.05, 0) is 48.7 Å². The summed E-state index contributed by atoms with van der Waals surface area (Å²) in [5.41, 5.74) is 1.98. The third kappa shape index (κ3) is 5.31. The molecule has 2 aromatic carbocycles. The summed E-state index contributed by atoms with van der Waals surface area (Å²) in [6.45, 7) is 2.10. The summed E-state index contributed by atoms with van der Waals surface area (Å²) < 4.78 is 6.86. The molecular weight excluding hydrogens is 471 g/mol. The van der Waals surface area contributed by atoms with E-state index < -0.39 is 5.97 Å². The van der Waals surface area contributed by atoms with Gasteiger partial charge in [-0.3, -0.25) is 0 Å². The van der Waals surface area contributed by atoms with Gasteiger partial charge in [-0.25, -0.2) is 9.48 Å². The molecule has 2 heterocycles. The van der Waals surface area contributed by atoms with Crippen molar-refractivity contribution < 1.29 is 14.6 Å². The predicted octanol–water partition coefficient (Wildman–Crippen LogP) is 5.10. The van der Waals surface area contributed by atoms with Gasteiger partial charge in [-0.1, -0.05) is 40.5 Å². The Morgan fingerprint density at radius 2 is 1.81 bits per heavy atom. The zero-order chi connectivity index (χ0) is 22.7. The van der Waals surface area contributed by atoms with E-state index in [4.69, 9.17) is 27.9 Å². The summed E-state index contributed by atoms with van der Waals surface area (Å²) in [6.07, 6.45) is 1.78. The van der Waals surface area contributed by atoms with Crippen molar-refractivity contribution >= 4 is 46.6 Å². The average molecular weight is 493 g/mol. The minimum atomic E-state index is -1.07. The third-order valence-corrected chi connectivity index (χ3v) is 7.18. The summed E-state index contributed by atoms with van der Waals surface area (Å²) in [5, 5.41) is 19.7. The maximum absolute atomic E-state index is 11.7. The molecule has 32 heavy (non-hydrogen) atoms. The first-order chi connectivity index (χ1) is 15.4. The predicted molar refractivity (Wildman–Crippen MR) is 127 cm³/mol. The minimum Gasteiger partial charge on any atom is -0.497 e. The third-order valence-electron chi connectivity index (χ3n) is 5.32. The van der Waals surface area contributed by atoms with Gasteiger partial charge < -0.3 is 14.7 Å². The highest BCUT2D eigenvalue weighted by Crippen LogP contribution is 2.35. The van der Waals surface area contributed by atoms with Crippen molar-refractivity contribution in [2.75, 3.05) is 25.1 Å². The van der Waals surface area contributed by atoms with Crippen molar-refractivity contribution in [1.82, 2.24) is 15.0 Å². The van der Waals surface area contributed by atoms with Crippen LogP contribution in [0.15, 0.2) is 47.5 Å². The number of methoxy groups -OCH3 is 1. The van der Waals surface area contributed by atoms with E-state index in [1.165, 1.54) is 11.8 Å². The molecule has 0 spiro atoms. The molecule has 0 radical (unpaired) electrons. The van der Waals surface area contributed by atoms with Gasteiger partial charge >= 0.3 is 5.97 Å². The van der Waals surface area contributed by atoms with Crippen LogP contribution in [-0.2, 0) is 6.54 Å². The highest BCUT2D eigenvalue weighted by atomic mass is 35.5. The number of ether oxygens (including phenoxy) is 1. The molecule has 4 rings (SSSR count). The first-order valence-corrected chi connectivity index (χ1v) is 11.7. The number of anilines is 1. The summed E-state index contributed by atoms with van der Waals surface area (Å²) in [4.78, 5) is 14.0. The molecule has 0 unspecified atom stereocenters. The van der Waals surface area contributed by atoms with E-state index in [2.05, 4.69) is 15.2 Å². The lowest BCUT2D eigenvalue weighted by Gasteiger charge is -2.33. The SMILES string of the molecule is COc1ccc(Cn2nnc(C(=O)O)c2SC2CCN(c3cc(Cl)cc(Cl)c3)CC2)cc1. The van der Waals surface area contributed by atoms with Gasteiger partial charge in [-0.15, -0.1) is 16.9 Å². The van der Waals surface area contributed by atoms with Crippen molar-refractivity contribution in [1.29, 1.82) is 0 Å². The molecule has 0 aliphatic carbocycles. The van der Waals surface area contributed by atoms with Crippen LogP contribution in [0, 0.1) is 0 Å². The molecule has 168 valence electrons. The molecule has 1 aliphatic rings. The van der Waals surface area contributed by atoms with Gasteiger partial charge in [0.25, 0.3) is 0 Å². The number of piperidine rings is 1. The number of hydrogen-bond acceptors (Lipinski definition) is 6. The van der Waals surface area contributed by atoms with E-state index in [1.807, 2.05) is 36.4 Å². The Balaban J connectivity index is 1.46. The van der Waals surface area contributed by atoms with Crippen molar-refractivity contribution in [3.05, 3.63) is 63.8 Å². The Morgan fingerprint density at radius 1 is 1.16 bits per heavy atom. The Hall–Kier alpha value is -2.42. The van der Waals surface area contributed by atoms with E-state index in [0.717, 1.165) is 42.9 Å². The largest absolute Gasteiger partial charge is 0.497 e. The van der Waals surface area contributed by atoms with Crippen LogP contribution >= 0.6 is 35.0 Å². The maximum atomic E-state index is 11.7. The lowest BCUT2D eigenvalue weighted by atomic mass is 10.1. The zero-order valence-electron chi connectivity index (χ0n) is 17.4. The van der Waals surface area contributed by atoms with E-state index >= 15 is 0 Å². The van der Waals surface area contributed by atoms with Crippen molar-refractivity contribution in [3.8, 4) is 5.75 Å². The summed E-state index contributed by atoms with van der Waals surface area (Å²) in [6, 6.07) is 13.2. The van der Waals surface area contributed by atoms with Gasteiger partial charge in [0.2, 0.25) is 5.69 Å². The molecule has 1 fully saturated rings. The quantitative estimate of drug-likeness (QED) is 0.491. The van der Waals surface area contributed by atoms with Crippen LogP contribution in [-0.4, -0.2) is 51.5 Å². The molecule has 1 aromatic heterocycles. The van der Waals surface area contributed by atoms with Gasteiger partial charge in [-0.2, -0.15) is 0 Å². The number of carbonyl (C=O) groups is 1. The van der Waals surface area contributed by atoms with E-state index in [1.54, 1.807) is 17.9 Å². The maximum Gasteiger partial charge on any atom is 0.359 e. The number of rotatable bonds is 7. The fraction of sp³-hybridized carbons (Fsp3) is 0.318.